The van der Waals surface area contributed by atoms with E-state index in [1.807, 2.05) is 6.92 Å². The van der Waals surface area contributed by atoms with Crippen molar-refractivity contribution in [3.8, 4) is 0 Å². The van der Waals surface area contributed by atoms with Gasteiger partial charge in [-0.3, -0.25) is 4.90 Å². The molecule has 17 heavy (non-hydrogen) atoms. The zero-order chi connectivity index (χ0) is 12.7. The van der Waals surface area contributed by atoms with Crippen LogP contribution in [-0.4, -0.2) is 30.4 Å². The first-order valence-electron chi connectivity index (χ1n) is 5.82. The molecule has 1 nitrogen and oxygen atoms in total. The predicted octanol–water partition coefficient (Wildman–Crippen LogP) is 3.73. The molecule has 0 atom stereocenters. The van der Waals surface area contributed by atoms with Gasteiger partial charge in [0.05, 0.1) is 6.54 Å². The molecular formula is C13H18ClF2N. The van der Waals surface area contributed by atoms with E-state index >= 15 is 0 Å². The highest BCUT2D eigenvalue weighted by molar-refractivity contribution is 6.17. The van der Waals surface area contributed by atoms with Crippen LogP contribution in [-0.2, 0) is 5.92 Å². The zero-order valence-corrected chi connectivity index (χ0v) is 10.8. The number of hydrogen-bond donors (Lipinski definition) is 0. The Morgan fingerprint density at radius 2 is 1.88 bits per heavy atom. The van der Waals surface area contributed by atoms with Crippen molar-refractivity contribution in [2.45, 2.75) is 19.3 Å². The molecule has 1 rings (SSSR count). The van der Waals surface area contributed by atoms with Crippen molar-refractivity contribution in [3.05, 3.63) is 35.9 Å². The maximum atomic E-state index is 13.9. The molecule has 0 bridgehead atoms. The largest absolute Gasteiger partial charge is 0.297 e. The van der Waals surface area contributed by atoms with E-state index in [9.17, 15) is 8.78 Å². The lowest BCUT2D eigenvalue weighted by atomic mass is 10.1. The molecule has 4 heteroatoms. The van der Waals surface area contributed by atoms with Gasteiger partial charge in [-0.2, -0.15) is 8.78 Å². The van der Waals surface area contributed by atoms with E-state index in [-0.39, 0.29) is 12.1 Å². The Morgan fingerprint density at radius 1 is 1.24 bits per heavy atom. The molecule has 0 heterocycles. The van der Waals surface area contributed by atoms with Crippen molar-refractivity contribution in [3.63, 3.8) is 0 Å². The molecule has 96 valence electrons. The Kier molecular flexibility index (Phi) is 5.86. The number of rotatable bonds is 7. The molecule has 0 aliphatic heterocycles. The molecule has 0 aliphatic carbocycles. The Balaban J connectivity index is 2.64. The summed E-state index contributed by atoms with van der Waals surface area (Å²) in [4.78, 5) is 1.73. The van der Waals surface area contributed by atoms with Crippen LogP contribution in [0.5, 0.6) is 0 Å². The number of nitrogens with zero attached hydrogens (tertiary/aromatic N) is 1. The van der Waals surface area contributed by atoms with Gasteiger partial charge in [0, 0.05) is 11.4 Å². The number of hydrogen-bond acceptors (Lipinski definition) is 1. The van der Waals surface area contributed by atoms with Crippen LogP contribution in [0.2, 0.25) is 0 Å². The predicted molar refractivity (Wildman–Crippen MR) is 67.8 cm³/mol. The van der Waals surface area contributed by atoms with Gasteiger partial charge in [0.15, 0.2) is 0 Å². The average molecular weight is 262 g/mol. The third-order valence-electron chi connectivity index (χ3n) is 2.67. The number of halogens is 3. The van der Waals surface area contributed by atoms with Crippen LogP contribution >= 0.6 is 11.6 Å². The van der Waals surface area contributed by atoms with Gasteiger partial charge < -0.3 is 0 Å². The van der Waals surface area contributed by atoms with Crippen LogP contribution in [0.25, 0.3) is 0 Å². The molecule has 0 aromatic heterocycles. The Hall–Kier alpha value is -0.670. The van der Waals surface area contributed by atoms with E-state index in [4.69, 9.17) is 11.6 Å². The Bertz CT molecular complexity index is 316. The molecule has 0 unspecified atom stereocenters. The molecule has 0 N–H and O–H groups in total. The Labute approximate surface area is 106 Å². The maximum absolute atomic E-state index is 13.9. The number of alkyl halides is 3. The zero-order valence-electron chi connectivity index (χ0n) is 10.0. The van der Waals surface area contributed by atoms with E-state index in [2.05, 4.69) is 0 Å². The SMILES string of the molecule is CCN(CCCCl)CC(F)(F)c1ccccc1. The van der Waals surface area contributed by atoms with E-state index in [0.717, 1.165) is 6.42 Å². The minimum atomic E-state index is -2.80. The second-order valence-electron chi connectivity index (χ2n) is 3.98. The summed E-state index contributed by atoms with van der Waals surface area (Å²) in [5.41, 5.74) is 0.0734. The fraction of sp³-hybridized carbons (Fsp3) is 0.538. The van der Waals surface area contributed by atoms with E-state index in [1.54, 1.807) is 23.1 Å². The van der Waals surface area contributed by atoms with Gasteiger partial charge in [0.2, 0.25) is 0 Å². The summed E-state index contributed by atoms with van der Waals surface area (Å²) in [7, 11) is 0. The van der Waals surface area contributed by atoms with Crippen LogP contribution in [0, 0.1) is 0 Å². The average Bonchev–Trinajstić information content (AvgIpc) is 2.35. The second-order valence-corrected chi connectivity index (χ2v) is 4.36. The maximum Gasteiger partial charge on any atom is 0.285 e. The van der Waals surface area contributed by atoms with Gasteiger partial charge in [0.25, 0.3) is 5.92 Å². The lowest BCUT2D eigenvalue weighted by Crippen LogP contribution is -2.36. The van der Waals surface area contributed by atoms with Gasteiger partial charge in [-0.1, -0.05) is 37.3 Å². The minimum Gasteiger partial charge on any atom is -0.297 e. The molecular weight excluding hydrogens is 244 g/mol. The first-order chi connectivity index (χ1) is 8.10. The molecule has 1 aromatic carbocycles. The highest BCUT2D eigenvalue weighted by atomic mass is 35.5. The fourth-order valence-electron chi connectivity index (χ4n) is 1.69. The van der Waals surface area contributed by atoms with Crippen LogP contribution in [0.3, 0.4) is 0 Å². The standard InChI is InChI=1S/C13H18ClF2N/c1-2-17(10-6-9-14)11-13(15,16)12-7-4-3-5-8-12/h3-5,7-8H,2,6,9-11H2,1H3. The second kappa shape index (κ2) is 6.92. The van der Waals surface area contributed by atoms with E-state index < -0.39 is 5.92 Å². The molecule has 0 saturated carbocycles. The first-order valence-corrected chi connectivity index (χ1v) is 6.35. The molecule has 1 aromatic rings. The summed E-state index contributed by atoms with van der Waals surface area (Å²) < 4.78 is 27.9. The molecule has 0 fully saturated rings. The molecule has 0 aliphatic rings. The topological polar surface area (TPSA) is 3.24 Å². The van der Waals surface area contributed by atoms with Crippen molar-refractivity contribution in [2.24, 2.45) is 0 Å². The van der Waals surface area contributed by atoms with Crippen LogP contribution in [0.15, 0.2) is 30.3 Å². The lowest BCUT2D eigenvalue weighted by Gasteiger charge is -2.26. The van der Waals surface area contributed by atoms with Gasteiger partial charge in [0.1, 0.15) is 0 Å². The smallest absolute Gasteiger partial charge is 0.285 e. The lowest BCUT2D eigenvalue weighted by molar-refractivity contribution is -0.0367. The van der Waals surface area contributed by atoms with Crippen molar-refractivity contribution < 1.29 is 8.78 Å². The highest BCUT2D eigenvalue weighted by Gasteiger charge is 2.33. The van der Waals surface area contributed by atoms with E-state index in [0.29, 0.717) is 19.0 Å². The normalized spacial score (nSPS) is 12.1. The molecule has 0 spiro atoms. The monoisotopic (exact) mass is 261 g/mol. The van der Waals surface area contributed by atoms with Gasteiger partial charge in [-0.05, 0) is 19.5 Å². The molecule has 0 saturated heterocycles. The van der Waals surface area contributed by atoms with Crippen LogP contribution in [0.1, 0.15) is 18.9 Å². The summed E-state index contributed by atoms with van der Waals surface area (Å²) in [5.74, 6) is -2.29. The van der Waals surface area contributed by atoms with E-state index in [1.165, 1.54) is 12.1 Å². The molecule has 0 radical (unpaired) electrons. The van der Waals surface area contributed by atoms with Gasteiger partial charge >= 0.3 is 0 Å². The Morgan fingerprint density at radius 3 is 2.41 bits per heavy atom. The summed E-state index contributed by atoms with van der Waals surface area (Å²) >= 11 is 5.58. The number of benzene rings is 1. The van der Waals surface area contributed by atoms with Crippen molar-refractivity contribution >= 4 is 11.6 Å². The fourth-order valence-corrected chi connectivity index (χ4v) is 1.81. The third-order valence-corrected chi connectivity index (χ3v) is 2.94. The quantitative estimate of drug-likeness (QED) is 0.676. The van der Waals surface area contributed by atoms with Gasteiger partial charge in [-0.25, -0.2) is 0 Å². The summed E-state index contributed by atoms with van der Waals surface area (Å²) in [5, 5.41) is 0. The first kappa shape index (κ1) is 14.4. The highest BCUT2D eigenvalue weighted by Crippen LogP contribution is 2.28. The van der Waals surface area contributed by atoms with Crippen LogP contribution in [0.4, 0.5) is 8.78 Å². The summed E-state index contributed by atoms with van der Waals surface area (Å²) in [6.45, 7) is 2.86. The van der Waals surface area contributed by atoms with Gasteiger partial charge in [-0.15, -0.1) is 11.6 Å². The van der Waals surface area contributed by atoms with Crippen molar-refractivity contribution in [1.29, 1.82) is 0 Å². The van der Waals surface area contributed by atoms with Crippen molar-refractivity contribution in [1.82, 2.24) is 4.90 Å². The van der Waals surface area contributed by atoms with Crippen LogP contribution < -0.4 is 0 Å². The molecule has 0 amide bonds. The minimum absolute atomic E-state index is 0.0734. The number of likely N-dealkylation sites (N-methyl/N-ethyl adjacent to an activating group) is 1. The van der Waals surface area contributed by atoms with Crippen molar-refractivity contribution in [2.75, 3.05) is 25.5 Å². The summed E-state index contributed by atoms with van der Waals surface area (Å²) in [6, 6.07) is 7.95. The summed E-state index contributed by atoms with van der Waals surface area (Å²) in [6.07, 6.45) is 0.736. The third kappa shape index (κ3) is 4.60.